The number of para-hydroxylation sites is 2. The molecule has 0 saturated heterocycles. The fourth-order valence-electron chi connectivity index (χ4n) is 5.89. The molecule has 10 heteroatoms. The zero-order chi connectivity index (χ0) is 32.5. The van der Waals surface area contributed by atoms with Crippen LogP contribution in [0.1, 0.15) is 67.4 Å². The molecule has 4 N–H and O–H groups in total. The molecule has 10 nitrogen and oxygen atoms in total. The highest BCUT2D eigenvalue weighted by molar-refractivity contribution is 5.92. The Morgan fingerprint density at radius 3 is 2.33 bits per heavy atom. The van der Waals surface area contributed by atoms with Crippen LogP contribution in [0.2, 0.25) is 0 Å². The van der Waals surface area contributed by atoms with E-state index in [-0.39, 0.29) is 24.6 Å². The summed E-state index contributed by atoms with van der Waals surface area (Å²) in [5.41, 5.74) is 5.21. The van der Waals surface area contributed by atoms with E-state index < -0.39 is 35.7 Å². The predicted molar refractivity (Wildman–Crippen MR) is 172 cm³/mol. The first-order valence-corrected chi connectivity index (χ1v) is 15.2. The maximum Gasteiger partial charge on any atom is 0.408 e. The molecule has 45 heavy (non-hydrogen) atoms. The highest BCUT2D eigenvalue weighted by Crippen LogP contribution is 2.28. The number of amides is 3. The van der Waals surface area contributed by atoms with Crippen molar-refractivity contribution in [1.82, 2.24) is 25.5 Å². The summed E-state index contributed by atoms with van der Waals surface area (Å²) < 4.78 is 5.53. The second-order valence-corrected chi connectivity index (χ2v) is 12.8. The number of carbonyl (C=O) groups excluding carboxylic acids is 3. The van der Waals surface area contributed by atoms with Crippen molar-refractivity contribution in [3.8, 4) is 5.75 Å². The molecule has 3 amide bonds. The van der Waals surface area contributed by atoms with Crippen LogP contribution in [0.25, 0.3) is 11.0 Å². The molecule has 0 spiro atoms. The van der Waals surface area contributed by atoms with E-state index >= 15 is 0 Å². The van der Waals surface area contributed by atoms with Crippen molar-refractivity contribution in [2.24, 2.45) is 0 Å². The van der Waals surface area contributed by atoms with E-state index in [1.165, 1.54) is 0 Å². The number of hydrogen-bond donors (Lipinski definition) is 4. The van der Waals surface area contributed by atoms with E-state index in [9.17, 15) is 19.5 Å². The molecular formula is C35H41N5O5. The lowest BCUT2D eigenvalue weighted by Gasteiger charge is -2.38. The van der Waals surface area contributed by atoms with Gasteiger partial charge in [-0.1, -0.05) is 36.4 Å². The smallest absolute Gasteiger partial charge is 0.408 e. The van der Waals surface area contributed by atoms with Crippen LogP contribution in [0.3, 0.4) is 0 Å². The number of aryl methyl sites for hydroxylation is 2. The fraction of sp³-hybridized carbons (Fsp3) is 0.371. The van der Waals surface area contributed by atoms with E-state index in [4.69, 9.17) is 4.74 Å². The minimum Gasteiger partial charge on any atom is -0.508 e. The van der Waals surface area contributed by atoms with Gasteiger partial charge in [-0.25, -0.2) is 9.78 Å². The average molecular weight is 612 g/mol. The van der Waals surface area contributed by atoms with Gasteiger partial charge in [-0.05, 0) is 93.6 Å². The van der Waals surface area contributed by atoms with E-state index in [0.717, 1.165) is 38.9 Å². The Morgan fingerprint density at radius 2 is 1.67 bits per heavy atom. The van der Waals surface area contributed by atoms with Crippen molar-refractivity contribution in [3.05, 3.63) is 94.3 Å². The second kappa shape index (κ2) is 12.6. The first-order valence-electron chi connectivity index (χ1n) is 15.2. The maximum atomic E-state index is 14.5. The average Bonchev–Trinajstić information content (AvgIpc) is 3.41. The van der Waals surface area contributed by atoms with Crippen molar-refractivity contribution in [1.29, 1.82) is 0 Å². The quantitative estimate of drug-likeness (QED) is 0.228. The van der Waals surface area contributed by atoms with Crippen LogP contribution >= 0.6 is 0 Å². The molecule has 0 unspecified atom stereocenters. The molecular weight excluding hydrogens is 570 g/mol. The topological polar surface area (TPSA) is 137 Å². The second-order valence-electron chi connectivity index (χ2n) is 12.8. The van der Waals surface area contributed by atoms with Gasteiger partial charge in [0.2, 0.25) is 11.8 Å². The number of aromatic hydroxyl groups is 1. The minimum absolute atomic E-state index is 0.125. The van der Waals surface area contributed by atoms with Gasteiger partial charge < -0.3 is 30.4 Å². The normalized spacial score (nSPS) is 16.0. The molecule has 3 aromatic carbocycles. The summed E-state index contributed by atoms with van der Waals surface area (Å²) in [4.78, 5) is 50.9. The molecule has 1 aliphatic heterocycles. The Bertz CT molecular complexity index is 1680. The Hall–Kier alpha value is -4.86. The Balaban J connectivity index is 1.46. The van der Waals surface area contributed by atoms with Crippen LogP contribution in [-0.2, 0) is 33.7 Å². The van der Waals surface area contributed by atoms with Gasteiger partial charge >= 0.3 is 6.09 Å². The third-order valence-corrected chi connectivity index (χ3v) is 8.09. The van der Waals surface area contributed by atoms with Crippen molar-refractivity contribution in [2.75, 3.05) is 0 Å². The standard InChI is InChI=1S/C35H41N5O5/c1-20-15-25(41)16-21(2)26(20)18-29(39-34(44)45-35(4,5)6)33(43)40-19-24-12-8-7-11-23(24)17-30(40)32(42)36-22(3)31-37-27-13-9-10-14-28(27)38-31/h7-16,22,29-30,41H,17-19H2,1-6H3,(H,36,42)(H,37,38)(H,39,44)/t22-,29-,30-/m0/s1. The number of nitrogens with zero attached hydrogens (tertiary/aromatic N) is 2. The largest absolute Gasteiger partial charge is 0.508 e. The number of phenols is 1. The zero-order valence-corrected chi connectivity index (χ0v) is 26.6. The summed E-state index contributed by atoms with van der Waals surface area (Å²) in [7, 11) is 0. The number of imidazole rings is 1. The first kappa shape index (κ1) is 31.6. The van der Waals surface area contributed by atoms with E-state index in [1.54, 1.807) is 37.8 Å². The molecule has 1 aromatic heterocycles. The number of aromatic nitrogens is 2. The molecule has 236 valence electrons. The maximum absolute atomic E-state index is 14.5. The number of fused-ring (bicyclic) bond motifs is 2. The lowest BCUT2D eigenvalue weighted by Crippen LogP contribution is -2.58. The number of H-pyrrole nitrogens is 1. The fourth-order valence-corrected chi connectivity index (χ4v) is 5.89. The van der Waals surface area contributed by atoms with Gasteiger partial charge in [0.15, 0.2) is 0 Å². The SMILES string of the molecule is Cc1cc(O)cc(C)c1C[C@H](NC(=O)OC(C)(C)C)C(=O)N1Cc2ccccc2C[C@H]1C(=O)N[C@@H](C)c1nc2ccccc2[nH]1. The summed E-state index contributed by atoms with van der Waals surface area (Å²) in [6.45, 7) is 11.0. The summed E-state index contributed by atoms with van der Waals surface area (Å²) in [5.74, 6) is 0.0126. The monoisotopic (exact) mass is 611 g/mol. The van der Waals surface area contributed by atoms with Crippen molar-refractivity contribution < 1.29 is 24.2 Å². The number of carbonyl (C=O) groups is 3. The third kappa shape index (κ3) is 7.28. The zero-order valence-electron chi connectivity index (χ0n) is 26.6. The van der Waals surface area contributed by atoms with Gasteiger partial charge in [-0.2, -0.15) is 0 Å². The van der Waals surface area contributed by atoms with Crippen LogP contribution < -0.4 is 10.6 Å². The summed E-state index contributed by atoms with van der Waals surface area (Å²) in [5, 5.41) is 16.0. The highest BCUT2D eigenvalue weighted by atomic mass is 16.6. The summed E-state index contributed by atoms with van der Waals surface area (Å²) >= 11 is 0. The number of benzene rings is 3. The third-order valence-electron chi connectivity index (χ3n) is 8.09. The molecule has 3 atom stereocenters. The van der Waals surface area contributed by atoms with Crippen LogP contribution in [0, 0.1) is 13.8 Å². The molecule has 1 aliphatic rings. The van der Waals surface area contributed by atoms with Gasteiger partial charge in [-0.15, -0.1) is 0 Å². The van der Waals surface area contributed by atoms with E-state index in [0.29, 0.717) is 12.2 Å². The first-order chi connectivity index (χ1) is 21.3. The molecule has 0 fully saturated rings. The summed E-state index contributed by atoms with van der Waals surface area (Å²) in [6.07, 6.45) is -0.263. The molecule has 0 bridgehead atoms. The van der Waals surface area contributed by atoms with E-state index in [1.807, 2.05) is 69.3 Å². The number of ether oxygens (including phenoxy) is 1. The van der Waals surface area contributed by atoms with Crippen molar-refractivity contribution in [3.63, 3.8) is 0 Å². The van der Waals surface area contributed by atoms with Crippen molar-refractivity contribution >= 4 is 28.9 Å². The number of nitrogens with one attached hydrogen (secondary N) is 3. The molecule has 0 radical (unpaired) electrons. The number of rotatable bonds is 7. The van der Waals surface area contributed by atoms with Gasteiger partial charge in [-0.3, -0.25) is 9.59 Å². The summed E-state index contributed by atoms with van der Waals surface area (Å²) in [6, 6.07) is 16.3. The van der Waals surface area contributed by atoms with Gasteiger partial charge in [0, 0.05) is 19.4 Å². The van der Waals surface area contributed by atoms with Gasteiger partial charge in [0.25, 0.3) is 0 Å². The van der Waals surface area contributed by atoms with Crippen molar-refractivity contribution in [2.45, 2.75) is 84.7 Å². The van der Waals surface area contributed by atoms with Crippen LogP contribution in [0.5, 0.6) is 5.75 Å². The predicted octanol–water partition coefficient (Wildman–Crippen LogP) is 5.15. The Labute approximate surface area is 263 Å². The lowest BCUT2D eigenvalue weighted by molar-refractivity contribution is -0.143. The van der Waals surface area contributed by atoms with E-state index in [2.05, 4.69) is 20.6 Å². The van der Waals surface area contributed by atoms with Crippen LogP contribution in [0.4, 0.5) is 4.79 Å². The molecule has 4 aromatic rings. The molecule has 0 aliphatic carbocycles. The lowest BCUT2D eigenvalue weighted by atomic mass is 9.91. The number of alkyl carbamates (subject to hydrolysis) is 1. The molecule has 5 rings (SSSR count). The highest BCUT2D eigenvalue weighted by Gasteiger charge is 2.39. The molecule has 2 heterocycles. The number of phenolic OH excluding ortho intramolecular Hbond substituents is 1. The number of aromatic amines is 1. The van der Waals surface area contributed by atoms with Gasteiger partial charge in [0.05, 0.1) is 17.1 Å². The number of hydrogen-bond acceptors (Lipinski definition) is 6. The Morgan fingerprint density at radius 1 is 1.02 bits per heavy atom. The van der Waals surface area contributed by atoms with Gasteiger partial charge in [0.1, 0.15) is 29.3 Å². The Kier molecular flexibility index (Phi) is 8.86. The van der Waals surface area contributed by atoms with Crippen LogP contribution in [0.15, 0.2) is 60.7 Å². The molecule has 0 saturated carbocycles. The van der Waals surface area contributed by atoms with Crippen LogP contribution in [-0.4, -0.2) is 55.6 Å². The minimum atomic E-state index is -1.03.